The van der Waals surface area contributed by atoms with Gasteiger partial charge >= 0.3 is 7.12 Å². The van der Waals surface area contributed by atoms with Crippen LogP contribution in [0.2, 0.25) is 0 Å². The van der Waals surface area contributed by atoms with Gasteiger partial charge in [0, 0.05) is 13.0 Å². The van der Waals surface area contributed by atoms with Crippen LogP contribution in [0.1, 0.15) is 12.0 Å². The van der Waals surface area contributed by atoms with Crippen LogP contribution in [0.25, 0.3) is 0 Å². The van der Waals surface area contributed by atoms with Gasteiger partial charge in [0.05, 0.1) is 5.71 Å². The summed E-state index contributed by atoms with van der Waals surface area (Å²) in [5, 5.41) is 22.2. The fraction of sp³-hybridized carbons (Fsp3) is 0.133. The van der Waals surface area contributed by atoms with E-state index in [1.165, 1.54) is 12.1 Å². The molecule has 7 heteroatoms. The molecule has 5 nitrogen and oxygen atoms in total. The van der Waals surface area contributed by atoms with E-state index < -0.39 is 12.9 Å². The molecule has 0 amide bonds. The van der Waals surface area contributed by atoms with E-state index in [0.717, 1.165) is 30.3 Å². The lowest BCUT2D eigenvalue weighted by atomic mass is 9.80. The van der Waals surface area contributed by atoms with Crippen molar-refractivity contribution < 1.29 is 19.2 Å². The second kappa shape index (κ2) is 6.17. The molecule has 0 saturated heterocycles. The summed E-state index contributed by atoms with van der Waals surface area (Å²) < 4.78 is 19.3. The smallest absolute Gasteiger partial charge is 0.454 e. The number of hydrazone groups is 1. The molecule has 1 aliphatic rings. The number of hydrogen-bond donors (Lipinski definition) is 3. The molecule has 3 rings (SSSR count). The molecular weight excluding hydrogens is 286 g/mol. The Morgan fingerprint density at radius 1 is 1.14 bits per heavy atom. The number of hydrogen-bond acceptors (Lipinski definition) is 5. The lowest BCUT2D eigenvalue weighted by Gasteiger charge is -2.09. The molecule has 0 bridgehead atoms. The van der Waals surface area contributed by atoms with E-state index in [9.17, 15) is 4.39 Å². The molecular formula is C15H14BFN2O3. The summed E-state index contributed by atoms with van der Waals surface area (Å²) in [6, 6.07) is 11.0. The van der Waals surface area contributed by atoms with E-state index in [4.69, 9.17) is 14.8 Å². The number of halogens is 1. The number of nitrogens with zero attached hydrogens (tertiary/aromatic N) is 1. The number of rotatable bonds is 4. The molecule has 0 aromatic heterocycles. The molecule has 0 fully saturated rings. The summed E-state index contributed by atoms with van der Waals surface area (Å²) in [5.41, 5.74) is 4.97. The number of benzene rings is 2. The van der Waals surface area contributed by atoms with Crippen LogP contribution in [0, 0.1) is 5.82 Å². The highest BCUT2D eigenvalue weighted by molar-refractivity contribution is 6.58. The lowest BCUT2D eigenvalue weighted by Crippen LogP contribution is -2.29. The van der Waals surface area contributed by atoms with Crippen molar-refractivity contribution in [3.8, 4) is 11.5 Å². The minimum atomic E-state index is -1.70. The average Bonchev–Trinajstić information content (AvgIpc) is 3.04. The van der Waals surface area contributed by atoms with Crippen molar-refractivity contribution in [2.75, 3.05) is 6.54 Å². The van der Waals surface area contributed by atoms with E-state index in [1.54, 1.807) is 12.1 Å². The van der Waals surface area contributed by atoms with E-state index in [1.807, 2.05) is 12.1 Å². The Balaban J connectivity index is 1.75. The van der Waals surface area contributed by atoms with Gasteiger partial charge in [0.25, 0.3) is 0 Å². The van der Waals surface area contributed by atoms with Gasteiger partial charge in [-0.25, -0.2) is 4.39 Å². The molecule has 0 spiro atoms. The van der Waals surface area contributed by atoms with Crippen molar-refractivity contribution in [3.63, 3.8) is 0 Å². The molecule has 3 N–H and O–H groups in total. The van der Waals surface area contributed by atoms with Crippen LogP contribution in [-0.4, -0.2) is 29.4 Å². The third kappa shape index (κ3) is 3.10. The van der Waals surface area contributed by atoms with Gasteiger partial charge in [-0.3, -0.25) is 0 Å². The molecule has 1 aliphatic heterocycles. The molecule has 22 heavy (non-hydrogen) atoms. The highest BCUT2D eigenvalue weighted by atomic mass is 19.1. The van der Waals surface area contributed by atoms with Gasteiger partial charge in [-0.15, -0.1) is 0 Å². The Bertz CT molecular complexity index is 704. The second-order valence-corrected chi connectivity index (χ2v) is 4.91. The van der Waals surface area contributed by atoms with Gasteiger partial charge in [-0.2, -0.15) is 5.10 Å². The maximum absolute atomic E-state index is 13.8. The minimum Gasteiger partial charge on any atom is -0.454 e. The van der Waals surface area contributed by atoms with E-state index in [2.05, 4.69) is 10.5 Å². The third-order valence-electron chi connectivity index (χ3n) is 3.36. The van der Waals surface area contributed by atoms with Crippen LogP contribution in [0.15, 0.2) is 47.6 Å². The molecule has 0 radical (unpaired) electrons. The van der Waals surface area contributed by atoms with Crippen LogP contribution in [0.3, 0.4) is 0 Å². The van der Waals surface area contributed by atoms with Gasteiger partial charge in [-0.05, 0) is 47.4 Å². The first kappa shape index (κ1) is 14.6. The Morgan fingerprint density at radius 2 is 1.91 bits per heavy atom. The maximum Gasteiger partial charge on any atom is 0.488 e. The fourth-order valence-corrected chi connectivity index (χ4v) is 2.19. The number of nitrogens with one attached hydrogen (secondary N) is 1. The van der Waals surface area contributed by atoms with E-state index in [-0.39, 0.29) is 11.2 Å². The summed E-state index contributed by atoms with van der Waals surface area (Å²) in [7, 11) is -1.70. The summed E-state index contributed by atoms with van der Waals surface area (Å²) in [5.74, 6) is -0.137. The molecule has 0 unspecified atom stereocenters. The summed E-state index contributed by atoms with van der Waals surface area (Å²) in [4.78, 5) is 0. The lowest BCUT2D eigenvalue weighted by molar-refractivity contribution is 0.423. The zero-order valence-electron chi connectivity index (χ0n) is 11.7. The Morgan fingerprint density at radius 3 is 2.50 bits per heavy atom. The molecule has 0 aliphatic carbocycles. The summed E-state index contributed by atoms with van der Waals surface area (Å²) >= 11 is 0. The van der Waals surface area contributed by atoms with Gasteiger partial charge in [-0.1, -0.05) is 6.07 Å². The van der Waals surface area contributed by atoms with Crippen LogP contribution in [-0.2, 0) is 0 Å². The highest BCUT2D eigenvalue weighted by Crippen LogP contribution is 2.24. The van der Waals surface area contributed by atoms with Gasteiger partial charge in [0.2, 0.25) is 0 Å². The summed E-state index contributed by atoms with van der Waals surface area (Å²) in [6.07, 6.45) is 0.875. The highest BCUT2D eigenvalue weighted by Gasteiger charge is 2.15. The molecule has 0 saturated carbocycles. The zero-order chi connectivity index (χ0) is 15.5. The molecule has 0 atom stereocenters. The van der Waals surface area contributed by atoms with Gasteiger partial charge < -0.3 is 20.2 Å². The van der Waals surface area contributed by atoms with Crippen molar-refractivity contribution in [2.45, 2.75) is 6.42 Å². The standard InChI is InChI=1S/C15H14BFN2O3/c17-13-9-11(16(20)21)3-6-15(13)22-12-4-1-10(2-5-12)14-7-8-18-19-14/h1-6,9,18,20-21H,7-8H2. The fourth-order valence-electron chi connectivity index (χ4n) is 2.19. The molecule has 112 valence electrons. The zero-order valence-corrected chi connectivity index (χ0v) is 11.7. The Kier molecular flexibility index (Phi) is 4.08. The second-order valence-electron chi connectivity index (χ2n) is 4.91. The molecule has 1 heterocycles. The normalized spacial score (nSPS) is 13.5. The van der Waals surface area contributed by atoms with Crippen molar-refractivity contribution in [1.82, 2.24) is 5.43 Å². The van der Waals surface area contributed by atoms with E-state index in [0.29, 0.717) is 5.75 Å². The SMILES string of the molecule is OB(O)c1ccc(Oc2ccc(C3=NNCC3)cc2)c(F)c1. The Labute approximate surface area is 127 Å². The van der Waals surface area contributed by atoms with Crippen molar-refractivity contribution >= 4 is 18.3 Å². The van der Waals surface area contributed by atoms with Gasteiger partial charge in [0.15, 0.2) is 11.6 Å². The molecule has 2 aromatic carbocycles. The summed E-state index contributed by atoms with van der Waals surface area (Å²) in [6.45, 7) is 0.835. The average molecular weight is 300 g/mol. The Hall–Kier alpha value is -2.38. The van der Waals surface area contributed by atoms with Crippen LogP contribution >= 0.6 is 0 Å². The third-order valence-corrected chi connectivity index (χ3v) is 3.36. The number of ether oxygens (including phenoxy) is 1. The van der Waals surface area contributed by atoms with Crippen LogP contribution in [0.5, 0.6) is 11.5 Å². The first-order chi connectivity index (χ1) is 10.6. The minimum absolute atomic E-state index is 0.0250. The quantitative estimate of drug-likeness (QED) is 0.736. The van der Waals surface area contributed by atoms with Crippen molar-refractivity contribution in [2.24, 2.45) is 5.10 Å². The topological polar surface area (TPSA) is 74.1 Å². The van der Waals surface area contributed by atoms with Crippen molar-refractivity contribution in [3.05, 3.63) is 53.8 Å². The van der Waals surface area contributed by atoms with Gasteiger partial charge in [0.1, 0.15) is 5.75 Å². The van der Waals surface area contributed by atoms with E-state index >= 15 is 0 Å². The predicted molar refractivity (Wildman–Crippen MR) is 81.9 cm³/mol. The monoisotopic (exact) mass is 300 g/mol. The van der Waals surface area contributed by atoms with Crippen LogP contribution in [0.4, 0.5) is 4.39 Å². The molecule has 2 aromatic rings. The van der Waals surface area contributed by atoms with Crippen LogP contribution < -0.4 is 15.6 Å². The largest absolute Gasteiger partial charge is 0.488 e. The predicted octanol–water partition coefficient (Wildman–Crippen LogP) is 0.995. The first-order valence-electron chi connectivity index (χ1n) is 6.87. The van der Waals surface area contributed by atoms with Crippen molar-refractivity contribution in [1.29, 1.82) is 0 Å². The first-order valence-corrected chi connectivity index (χ1v) is 6.87. The maximum atomic E-state index is 13.8.